The van der Waals surface area contributed by atoms with Crippen LogP contribution in [0.4, 0.5) is 0 Å². The summed E-state index contributed by atoms with van der Waals surface area (Å²) in [6.45, 7) is 1.24. The highest BCUT2D eigenvalue weighted by Gasteiger charge is 2.46. The molecule has 1 aliphatic carbocycles. The van der Waals surface area contributed by atoms with Crippen LogP contribution in [0.1, 0.15) is 50.5 Å². The molecule has 2 heterocycles. The van der Waals surface area contributed by atoms with Crippen LogP contribution in [0.5, 0.6) is 0 Å². The first kappa shape index (κ1) is 18.8. The van der Waals surface area contributed by atoms with Gasteiger partial charge in [-0.15, -0.1) is 0 Å². The number of hydrogen-bond acceptors (Lipinski definition) is 3. The van der Waals surface area contributed by atoms with Crippen LogP contribution >= 0.6 is 11.6 Å². The Morgan fingerprint density at radius 1 is 1.15 bits per heavy atom. The number of nitrogens with one attached hydrogen (secondary N) is 2. The molecule has 2 aliphatic heterocycles. The van der Waals surface area contributed by atoms with Crippen molar-refractivity contribution in [3.63, 3.8) is 0 Å². The van der Waals surface area contributed by atoms with Gasteiger partial charge in [0.05, 0.1) is 0 Å². The topological polar surface area (TPSA) is 61.4 Å². The molecule has 6 heteroatoms. The average molecular weight is 390 g/mol. The Bertz CT molecular complexity index is 704. The van der Waals surface area contributed by atoms with E-state index in [4.69, 9.17) is 11.6 Å². The van der Waals surface area contributed by atoms with Gasteiger partial charge in [0.1, 0.15) is 12.1 Å². The van der Waals surface area contributed by atoms with Crippen molar-refractivity contribution in [3.05, 3.63) is 34.9 Å². The zero-order valence-electron chi connectivity index (χ0n) is 15.6. The van der Waals surface area contributed by atoms with Gasteiger partial charge in [0.15, 0.2) is 0 Å². The number of hydrogen-bond donors (Lipinski definition) is 2. The first-order chi connectivity index (χ1) is 13.1. The van der Waals surface area contributed by atoms with Crippen LogP contribution in [0, 0.1) is 5.92 Å². The number of amides is 2. The number of piperazine rings is 1. The molecule has 1 aromatic rings. The number of carbonyl (C=O) groups is 2. The smallest absolute Gasteiger partial charge is 0.245 e. The molecule has 5 nitrogen and oxygen atoms in total. The van der Waals surface area contributed by atoms with Gasteiger partial charge in [-0.05, 0) is 30.4 Å². The minimum atomic E-state index is -0.334. The second kappa shape index (κ2) is 8.19. The van der Waals surface area contributed by atoms with Crippen LogP contribution in [0.3, 0.4) is 0 Å². The molecular weight excluding hydrogens is 362 g/mol. The number of carbonyl (C=O) groups excluding carboxylic acids is 2. The van der Waals surface area contributed by atoms with E-state index in [0.717, 1.165) is 17.0 Å². The van der Waals surface area contributed by atoms with Crippen LogP contribution in [-0.4, -0.2) is 41.4 Å². The SMILES string of the molecule is O=C1N[C@@H](CC2CCCCC2)C(=O)N2C[C@@H](NCc3ccccc3Cl)C[C@@H]12. The lowest BCUT2D eigenvalue weighted by atomic mass is 9.84. The second-order valence-electron chi connectivity index (χ2n) is 8.21. The zero-order valence-corrected chi connectivity index (χ0v) is 16.4. The lowest BCUT2D eigenvalue weighted by Crippen LogP contribution is -2.61. The van der Waals surface area contributed by atoms with Crippen molar-refractivity contribution >= 4 is 23.4 Å². The van der Waals surface area contributed by atoms with Crippen molar-refractivity contribution in [1.29, 1.82) is 0 Å². The molecule has 0 unspecified atom stereocenters. The van der Waals surface area contributed by atoms with E-state index in [1.165, 1.54) is 32.1 Å². The van der Waals surface area contributed by atoms with E-state index < -0.39 is 0 Å². The van der Waals surface area contributed by atoms with Gasteiger partial charge >= 0.3 is 0 Å². The molecule has 0 spiro atoms. The number of rotatable bonds is 5. The van der Waals surface area contributed by atoms with Crippen molar-refractivity contribution < 1.29 is 9.59 Å². The Morgan fingerprint density at radius 3 is 2.70 bits per heavy atom. The fourth-order valence-electron chi connectivity index (χ4n) is 4.82. The van der Waals surface area contributed by atoms with E-state index in [1.807, 2.05) is 24.3 Å². The summed E-state index contributed by atoms with van der Waals surface area (Å²) in [6, 6.07) is 7.21. The van der Waals surface area contributed by atoms with E-state index in [-0.39, 0.29) is 29.9 Å². The third kappa shape index (κ3) is 4.14. The Labute approximate surface area is 165 Å². The molecule has 146 valence electrons. The first-order valence-corrected chi connectivity index (χ1v) is 10.6. The molecule has 2 N–H and O–H groups in total. The van der Waals surface area contributed by atoms with E-state index in [1.54, 1.807) is 4.90 Å². The maximum atomic E-state index is 13.0. The quantitative estimate of drug-likeness (QED) is 0.814. The molecule has 1 saturated carbocycles. The van der Waals surface area contributed by atoms with Crippen LogP contribution in [-0.2, 0) is 16.1 Å². The van der Waals surface area contributed by atoms with Crippen LogP contribution in [0.2, 0.25) is 5.02 Å². The third-order valence-electron chi connectivity index (χ3n) is 6.33. The van der Waals surface area contributed by atoms with E-state index >= 15 is 0 Å². The van der Waals surface area contributed by atoms with Gasteiger partial charge in [-0.1, -0.05) is 61.9 Å². The number of benzene rings is 1. The van der Waals surface area contributed by atoms with E-state index in [0.29, 0.717) is 25.4 Å². The predicted octanol–water partition coefficient (Wildman–Crippen LogP) is 2.87. The minimum Gasteiger partial charge on any atom is -0.342 e. The second-order valence-corrected chi connectivity index (χ2v) is 8.62. The maximum absolute atomic E-state index is 13.0. The van der Waals surface area contributed by atoms with Crippen LogP contribution in [0.25, 0.3) is 0 Å². The molecule has 2 amide bonds. The van der Waals surface area contributed by atoms with Gasteiger partial charge in [0.25, 0.3) is 0 Å². The van der Waals surface area contributed by atoms with Gasteiger partial charge in [-0.2, -0.15) is 0 Å². The summed E-state index contributed by atoms with van der Waals surface area (Å²) in [5.41, 5.74) is 1.04. The molecule has 27 heavy (non-hydrogen) atoms. The predicted molar refractivity (Wildman–Crippen MR) is 105 cm³/mol. The van der Waals surface area contributed by atoms with Crippen molar-refractivity contribution in [2.24, 2.45) is 5.92 Å². The summed E-state index contributed by atoms with van der Waals surface area (Å²) < 4.78 is 0. The molecular formula is C21H28ClN3O2. The Balaban J connectivity index is 1.35. The molecule has 0 radical (unpaired) electrons. The number of fused-ring (bicyclic) bond motifs is 1. The van der Waals surface area contributed by atoms with Crippen molar-refractivity contribution in [2.45, 2.75) is 69.6 Å². The molecule has 3 atom stereocenters. The normalized spacial score (nSPS) is 28.9. The van der Waals surface area contributed by atoms with Crippen LogP contribution < -0.4 is 10.6 Å². The highest BCUT2D eigenvalue weighted by Crippen LogP contribution is 2.30. The number of halogens is 1. The molecule has 0 bridgehead atoms. The summed E-state index contributed by atoms with van der Waals surface area (Å²) >= 11 is 6.22. The van der Waals surface area contributed by atoms with Crippen molar-refractivity contribution in [2.75, 3.05) is 6.54 Å². The minimum absolute atomic E-state index is 0.0115. The van der Waals surface area contributed by atoms with Gasteiger partial charge in [-0.3, -0.25) is 9.59 Å². The summed E-state index contributed by atoms with van der Waals surface area (Å²) in [4.78, 5) is 27.4. The molecule has 4 rings (SSSR count). The zero-order chi connectivity index (χ0) is 18.8. The standard InChI is InChI=1S/C21H28ClN3O2/c22-17-9-5-4-8-15(17)12-23-16-11-19-20(26)24-18(21(27)25(19)13-16)10-14-6-2-1-3-7-14/h4-5,8-9,14,16,18-19,23H,1-3,6-7,10-13H2,(H,24,26)/t16-,18-,19-/m0/s1. The average Bonchev–Trinajstić information content (AvgIpc) is 3.11. The van der Waals surface area contributed by atoms with E-state index in [9.17, 15) is 9.59 Å². The summed E-state index contributed by atoms with van der Waals surface area (Å²) in [7, 11) is 0. The van der Waals surface area contributed by atoms with E-state index in [2.05, 4.69) is 10.6 Å². The largest absolute Gasteiger partial charge is 0.342 e. The lowest BCUT2D eigenvalue weighted by Gasteiger charge is -2.36. The highest BCUT2D eigenvalue weighted by molar-refractivity contribution is 6.31. The Morgan fingerprint density at radius 2 is 1.93 bits per heavy atom. The molecule has 3 aliphatic rings. The molecule has 0 aromatic heterocycles. The van der Waals surface area contributed by atoms with Gasteiger partial charge in [0, 0.05) is 24.2 Å². The maximum Gasteiger partial charge on any atom is 0.245 e. The molecule has 3 fully saturated rings. The van der Waals surface area contributed by atoms with Crippen molar-refractivity contribution in [1.82, 2.24) is 15.5 Å². The molecule has 1 aromatic carbocycles. The van der Waals surface area contributed by atoms with Crippen molar-refractivity contribution in [3.8, 4) is 0 Å². The monoisotopic (exact) mass is 389 g/mol. The third-order valence-corrected chi connectivity index (χ3v) is 6.70. The summed E-state index contributed by atoms with van der Waals surface area (Å²) in [5.74, 6) is 0.686. The summed E-state index contributed by atoms with van der Waals surface area (Å²) in [5, 5.41) is 7.22. The van der Waals surface area contributed by atoms with Crippen LogP contribution in [0.15, 0.2) is 24.3 Å². The van der Waals surface area contributed by atoms with Gasteiger partial charge in [0.2, 0.25) is 11.8 Å². The fourth-order valence-corrected chi connectivity index (χ4v) is 5.02. The summed E-state index contributed by atoms with van der Waals surface area (Å²) in [6.07, 6.45) is 7.63. The molecule has 2 saturated heterocycles. The van der Waals surface area contributed by atoms with Gasteiger partial charge in [-0.25, -0.2) is 0 Å². The first-order valence-electron chi connectivity index (χ1n) is 10.2. The van der Waals surface area contributed by atoms with Gasteiger partial charge < -0.3 is 15.5 Å². The lowest BCUT2D eigenvalue weighted by molar-refractivity contribution is -0.147. The number of nitrogens with zero attached hydrogens (tertiary/aromatic N) is 1. The Hall–Kier alpha value is -1.59. The highest BCUT2D eigenvalue weighted by atomic mass is 35.5. The Kier molecular flexibility index (Phi) is 5.69. The fraction of sp³-hybridized carbons (Fsp3) is 0.619.